The molecule has 0 fully saturated rings. The van der Waals surface area contributed by atoms with Crippen molar-refractivity contribution in [3.05, 3.63) is 93.4 Å². The van der Waals surface area contributed by atoms with Crippen LogP contribution in [0.25, 0.3) is 6.08 Å². The van der Waals surface area contributed by atoms with Crippen molar-refractivity contribution in [1.29, 1.82) is 5.26 Å². The smallest absolute Gasteiger partial charge is 0.269 e. The minimum atomic E-state index is -0.523. The number of nitriles is 1. The van der Waals surface area contributed by atoms with Gasteiger partial charge in [-0.15, -0.1) is 0 Å². The van der Waals surface area contributed by atoms with Gasteiger partial charge in [-0.2, -0.15) is 5.26 Å². The zero-order valence-electron chi connectivity index (χ0n) is 17.8. The number of benzene rings is 2. The number of non-ortho nitro benzene ring substituents is 1. The number of nitrogens with zero attached hydrogens (tertiary/aromatic N) is 2. The first-order valence-electron chi connectivity index (χ1n) is 10.1. The molecule has 0 bridgehead atoms. The minimum absolute atomic E-state index is 0.00592. The molecule has 0 aliphatic heterocycles. The van der Waals surface area contributed by atoms with Gasteiger partial charge in [-0.05, 0) is 60.5 Å². The van der Waals surface area contributed by atoms with E-state index in [0.717, 1.165) is 5.56 Å². The van der Waals surface area contributed by atoms with Crippen molar-refractivity contribution in [2.75, 3.05) is 6.61 Å². The lowest BCUT2D eigenvalue weighted by atomic mass is 10.1. The Morgan fingerprint density at radius 3 is 2.61 bits per heavy atom. The van der Waals surface area contributed by atoms with Crippen LogP contribution in [0, 0.1) is 21.4 Å². The standard InChI is InChI=1S/C24H21N3O6/c1-2-31-23-13-18(12-19(14-25)24(28)26-15-21-4-3-11-32-21)7-10-22(23)33-16-17-5-8-20(9-6-17)27(29)30/h3-13H,2,15-16H2,1H3,(H,26,28)/b19-12+. The highest BCUT2D eigenvalue weighted by Crippen LogP contribution is 2.30. The van der Waals surface area contributed by atoms with Crippen LogP contribution in [0.1, 0.15) is 23.8 Å². The summed E-state index contributed by atoms with van der Waals surface area (Å²) in [6.07, 6.45) is 2.96. The average molecular weight is 447 g/mol. The maximum absolute atomic E-state index is 12.3. The predicted octanol–water partition coefficient (Wildman–Crippen LogP) is 4.39. The molecular formula is C24H21N3O6. The predicted molar refractivity (Wildman–Crippen MR) is 119 cm³/mol. The van der Waals surface area contributed by atoms with E-state index in [-0.39, 0.29) is 24.4 Å². The molecule has 0 saturated heterocycles. The number of carbonyl (C=O) groups is 1. The van der Waals surface area contributed by atoms with Crippen molar-refractivity contribution in [2.45, 2.75) is 20.1 Å². The molecule has 9 heteroatoms. The lowest BCUT2D eigenvalue weighted by Crippen LogP contribution is -2.23. The number of hydrogen-bond acceptors (Lipinski definition) is 7. The van der Waals surface area contributed by atoms with Crippen molar-refractivity contribution in [2.24, 2.45) is 0 Å². The fraction of sp³-hybridized carbons (Fsp3) is 0.167. The molecule has 3 rings (SSSR count). The first-order chi connectivity index (χ1) is 16.0. The molecule has 0 saturated carbocycles. The molecule has 2 aromatic carbocycles. The topological polar surface area (TPSA) is 128 Å². The van der Waals surface area contributed by atoms with E-state index in [9.17, 15) is 20.2 Å². The van der Waals surface area contributed by atoms with Gasteiger partial charge in [0.15, 0.2) is 11.5 Å². The Morgan fingerprint density at radius 2 is 1.97 bits per heavy atom. The molecule has 0 unspecified atom stereocenters. The Balaban J connectivity index is 1.71. The van der Waals surface area contributed by atoms with E-state index in [0.29, 0.717) is 29.4 Å². The first-order valence-corrected chi connectivity index (χ1v) is 10.1. The normalized spacial score (nSPS) is 10.8. The summed E-state index contributed by atoms with van der Waals surface area (Å²) in [5.41, 5.74) is 1.28. The Morgan fingerprint density at radius 1 is 1.18 bits per heavy atom. The van der Waals surface area contributed by atoms with Crippen LogP contribution >= 0.6 is 0 Å². The van der Waals surface area contributed by atoms with E-state index in [1.165, 1.54) is 24.5 Å². The Labute approximate surface area is 190 Å². The summed E-state index contributed by atoms with van der Waals surface area (Å²) in [5.74, 6) is 0.966. The van der Waals surface area contributed by atoms with Gasteiger partial charge in [0.1, 0.15) is 24.0 Å². The molecule has 33 heavy (non-hydrogen) atoms. The van der Waals surface area contributed by atoms with Crippen LogP contribution in [0.15, 0.2) is 70.9 Å². The minimum Gasteiger partial charge on any atom is -0.490 e. The van der Waals surface area contributed by atoms with E-state index < -0.39 is 10.8 Å². The van der Waals surface area contributed by atoms with Crippen LogP contribution in [0.5, 0.6) is 11.5 Å². The fourth-order valence-electron chi connectivity index (χ4n) is 2.87. The summed E-state index contributed by atoms with van der Waals surface area (Å²) in [4.78, 5) is 22.6. The molecule has 0 spiro atoms. The monoisotopic (exact) mass is 447 g/mol. The lowest BCUT2D eigenvalue weighted by molar-refractivity contribution is -0.384. The second-order valence-electron chi connectivity index (χ2n) is 6.78. The summed E-state index contributed by atoms with van der Waals surface area (Å²) in [6, 6.07) is 16.5. The number of nitrogens with one attached hydrogen (secondary N) is 1. The van der Waals surface area contributed by atoms with E-state index in [1.807, 2.05) is 13.0 Å². The molecule has 1 heterocycles. The summed E-state index contributed by atoms with van der Waals surface area (Å²) in [5, 5.41) is 22.8. The van der Waals surface area contributed by atoms with Gasteiger partial charge in [-0.3, -0.25) is 14.9 Å². The highest BCUT2D eigenvalue weighted by atomic mass is 16.6. The molecule has 168 valence electrons. The summed E-state index contributed by atoms with van der Waals surface area (Å²) >= 11 is 0. The van der Waals surface area contributed by atoms with Crippen molar-refractivity contribution in [3.8, 4) is 17.6 Å². The molecule has 1 aromatic heterocycles. The molecule has 1 N–H and O–H groups in total. The number of furan rings is 1. The highest BCUT2D eigenvalue weighted by molar-refractivity contribution is 6.01. The summed E-state index contributed by atoms with van der Waals surface area (Å²) in [6.45, 7) is 2.57. The van der Waals surface area contributed by atoms with Gasteiger partial charge in [0, 0.05) is 12.1 Å². The summed E-state index contributed by atoms with van der Waals surface area (Å²) in [7, 11) is 0. The highest BCUT2D eigenvalue weighted by Gasteiger charge is 2.12. The van der Waals surface area contributed by atoms with E-state index in [2.05, 4.69) is 5.32 Å². The van der Waals surface area contributed by atoms with Crippen LogP contribution in [-0.2, 0) is 17.9 Å². The average Bonchev–Trinajstić information content (AvgIpc) is 3.34. The molecule has 0 aliphatic carbocycles. The van der Waals surface area contributed by atoms with Crippen molar-refractivity contribution in [1.82, 2.24) is 5.32 Å². The zero-order valence-corrected chi connectivity index (χ0v) is 17.8. The maximum atomic E-state index is 12.3. The van der Waals surface area contributed by atoms with Gasteiger partial charge in [0.25, 0.3) is 11.6 Å². The largest absolute Gasteiger partial charge is 0.490 e. The maximum Gasteiger partial charge on any atom is 0.269 e. The number of hydrogen-bond donors (Lipinski definition) is 1. The number of rotatable bonds is 10. The number of nitro groups is 1. The van der Waals surface area contributed by atoms with Gasteiger partial charge in [0.05, 0.1) is 24.3 Å². The second kappa shape index (κ2) is 11.2. The van der Waals surface area contributed by atoms with Gasteiger partial charge in [0.2, 0.25) is 0 Å². The molecule has 9 nitrogen and oxygen atoms in total. The van der Waals surface area contributed by atoms with Crippen LogP contribution in [0.2, 0.25) is 0 Å². The third-order valence-electron chi connectivity index (χ3n) is 4.49. The van der Waals surface area contributed by atoms with Gasteiger partial charge in [-0.25, -0.2) is 0 Å². The fourth-order valence-corrected chi connectivity index (χ4v) is 2.87. The molecule has 3 aromatic rings. The van der Waals surface area contributed by atoms with Crippen molar-refractivity contribution >= 4 is 17.7 Å². The van der Waals surface area contributed by atoms with E-state index >= 15 is 0 Å². The Bertz CT molecular complexity index is 1180. The number of carbonyl (C=O) groups excluding carboxylic acids is 1. The van der Waals surface area contributed by atoms with Crippen LogP contribution < -0.4 is 14.8 Å². The third-order valence-corrected chi connectivity index (χ3v) is 4.49. The van der Waals surface area contributed by atoms with Crippen LogP contribution in [0.4, 0.5) is 5.69 Å². The molecular weight excluding hydrogens is 426 g/mol. The molecule has 1 amide bonds. The number of amides is 1. The quantitative estimate of drug-likeness (QED) is 0.211. The molecule has 0 aliphatic rings. The van der Waals surface area contributed by atoms with Crippen molar-refractivity contribution < 1.29 is 23.6 Å². The number of nitro benzene ring substituents is 1. The second-order valence-corrected chi connectivity index (χ2v) is 6.78. The van der Waals surface area contributed by atoms with Crippen LogP contribution in [0.3, 0.4) is 0 Å². The van der Waals surface area contributed by atoms with Gasteiger partial charge < -0.3 is 19.2 Å². The molecule has 0 atom stereocenters. The SMILES string of the molecule is CCOc1cc(/C=C(\C#N)C(=O)NCc2ccco2)ccc1OCc1ccc([N+](=O)[O-])cc1. The van der Waals surface area contributed by atoms with Crippen LogP contribution in [-0.4, -0.2) is 17.4 Å². The third kappa shape index (κ3) is 6.45. The summed E-state index contributed by atoms with van der Waals surface area (Å²) < 4.78 is 16.6. The van der Waals surface area contributed by atoms with Gasteiger partial charge >= 0.3 is 0 Å². The lowest BCUT2D eigenvalue weighted by Gasteiger charge is -2.13. The number of ether oxygens (including phenoxy) is 2. The van der Waals surface area contributed by atoms with Gasteiger partial charge in [-0.1, -0.05) is 6.07 Å². The van der Waals surface area contributed by atoms with E-state index in [1.54, 1.807) is 42.5 Å². The Kier molecular flexibility index (Phi) is 7.81. The Hall–Kier alpha value is -4.58. The molecule has 0 radical (unpaired) electrons. The van der Waals surface area contributed by atoms with Crippen molar-refractivity contribution in [3.63, 3.8) is 0 Å². The van der Waals surface area contributed by atoms with E-state index in [4.69, 9.17) is 13.9 Å². The zero-order chi connectivity index (χ0) is 23.6. The first kappa shape index (κ1) is 23.1.